The van der Waals surface area contributed by atoms with Gasteiger partial charge in [0.2, 0.25) is 0 Å². The zero-order valence-electron chi connectivity index (χ0n) is 17.7. The van der Waals surface area contributed by atoms with Crippen LogP contribution in [-0.4, -0.2) is 45.8 Å². The fourth-order valence-electron chi connectivity index (χ4n) is 4.19. The van der Waals surface area contributed by atoms with Gasteiger partial charge in [-0.25, -0.2) is 0 Å². The minimum Gasteiger partial charge on any atom is -0.311 e. The third-order valence-corrected chi connectivity index (χ3v) is 5.60. The molecule has 2 aromatic heterocycles. The van der Waals surface area contributed by atoms with Crippen molar-refractivity contribution in [1.29, 1.82) is 0 Å². The lowest BCUT2D eigenvalue weighted by molar-refractivity contribution is 0.102. The number of carbonyl (C=O) groups excluding carboxylic acids is 1. The molecule has 0 aromatic carbocycles. The first-order valence-electron chi connectivity index (χ1n) is 10.3. The Morgan fingerprint density at radius 3 is 2.62 bits per heavy atom. The van der Waals surface area contributed by atoms with E-state index in [0.717, 1.165) is 25.7 Å². The lowest BCUT2D eigenvalue weighted by Crippen LogP contribution is -2.35. The van der Waals surface area contributed by atoms with Crippen LogP contribution >= 0.6 is 0 Å². The Kier molecular flexibility index (Phi) is 6.42. The highest BCUT2D eigenvalue weighted by molar-refractivity contribution is 6.04. The molecule has 2 heterocycles. The summed E-state index contributed by atoms with van der Waals surface area (Å²) in [4.78, 5) is 40.0. The van der Waals surface area contributed by atoms with Crippen LogP contribution in [-0.2, 0) is 0 Å². The molecule has 8 heteroatoms. The lowest BCUT2D eigenvalue weighted by atomic mass is 9.96. The molecule has 2 aromatic rings. The summed E-state index contributed by atoms with van der Waals surface area (Å²) in [5.41, 5.74) is 0.150. The van der Waals surface area contributed by atoms with E-state index in [-0.39, 0.29) is 28.8 Å². The number of carbonyl (C=O) groups is 1. The predicted molar refractivity (Wildman–Crippen MR) is 114 cm³/mol. The number of H-pyrrole nitrogens is 1. The van der Waals surface area contributed by atoms with Gasteiger partial charge in [-0.2, -0.15) is 0 Å². The van der Waals surface area contributed by atoms with Crippen LogP contribution in [0.25, 0.3) is 0 Å². The zero-order valence-corrected chi connectivity index (χ0v) is 17.7. The van der Waals surface area contributed by atoms with Gasteiger partial charge in [-0.1, -0.05) is 19.3 Å². The first-order valence-corrected chi connectivity index (χ1v) is 10.3. The molecule has 29 heavy (non-hydrogen) atoms. The van der Waals surface area contributed by atoms with Crippen LogP contribution in [0.3, 0.4) is 0 Å². The molecule has 1 amide bonds. The molecule has 0 bridgehead atoms. The number of anilines is 1. The molecule has 1 atom stereocenters. The van der Waals surface area contributed by atoms with E-state index >= 15 is 0 Å². The number of aromatic nitrogens is 3. The number of likely N-dealkylation sites (N-methyl/N-ethyl adjacent to an activating group) is 1. The smallest absolute Gasteiger partial charge is 0.266 e. The van der Waals surface area contributed by atoms with Crippen molar-refractivity contribution in [1.82, 2.24) is 19.2 Å². The minimum atomic E-state index is -0.484. The van der Waals surface area contributed by atoms with Crippen molar-refractivity contribution in [3.05, 3.63) is 50.2 Å². The number of nitrogens with zero attached hydrogens (tertiary/aromatic N) is 3. The number of aryl methyl sites for hydroxylation is 1. The van der Waals surface area contributed by atoms with Gasteiger partial charge in [-0.3, -0.25) is 24.2 Å². The molecule has 0 saturated heterocycles. The van der Waals surface area contributed by atoms with Crippen LogP contribution in [0.4, 0.5) is 5.82 Å². The molecule has 1 fully saturated rings. The molecule has 0 radical (unpaired) electrons. The van der Waals surface area contributed by atoms with Gasteiger partial charge < -0.3 is 14.8 Å². The second-order valence-corrected chi connectivity index (χ2v) is 8.32. The second-order valence-electron chi connectivity index (χ2n) is 8.32. The normalized spacial score (nSPS) is 16.2. The Labute approximate surface area is 170 Å². The summed E-state index contributed by atoms with van der Waals surface area (Å²) < 4.78 is 3.35. The third-order valence-electron chi connectivity index (χ3n) is 5.60. The standard InChI is InChI=1S/C21H31N5O3/c1-14-10-11-25(15(2)13-24(3)4)21(29)19(14)20(28)22-17-12-18(27)23-26(17)16-8-6-5-7-9-16/h10-12,15-16H,5-9,13H2,1-4H3,(H,22,28)(H,23,27). The highest BCUT2D eigenvalue weighted by Crippen LogP contribution is 2.29. The number of pyridine rings is 1. The Hall–Kier alpha value is -2.61. The van der Waals surface area contributed by atoms with E-state index in [2.05, 4.69) is 10.4 Å². The van der Waals surface area contributed by atoms with Crippen molar-refractivity contribution in [2.75, 3.05) is 26.0 Å². The summed E-state index contributed by atoms with van der Waals surface area (Å²) in [6.45, 7) is 4.39. The van der Waals surface area contributed by atoms with Crippen LogP contribution in [0.5, 0.6) is 0 Å². The van der Waals surface area contributed by atoms with Crippen molar-refractivity contribution in [2.24, 2.45) is 0 Å². The Morgan fingerprint density at radius 1 is 1.28 bits per heavy atom. The number of nitrogens with one attached hydrogen (secondary N) is 2. The molecule has 158 valence electrons. The van der Waals surface area contributed by atoms with Gasteiger partial charge in [0.1, 0.15) is 11.4 Å². The summed E-state index contributed by atoms with van der Waals surface area (Å²) in [6, 6.07) is 3.26. The summed E-state index contributed by atoms with van der Waals surface area (Å²) in [6.07, 6.45) is 7.06. The summed E-state index contributed by atoms with van der Waals surface area (Å²) in [7, 11) is 3.89. The number of rotatable bonds is 6. The molecular formula is C21H31N5O3. The van der Waals surface area contributed by atoms with Crippen LogP contribution in [0.1, 0.15) is 67.0 Å². The van der Waals surface area contributed by atoms with Gasteiger partial charge in [0.25, 0.3) is 17.0 Å². The van der Waals surface area contributed by atoms with E-state index in [1.54, 1.807) is 28.4 Å². The fourth-order valence-corrected chi connectivity index (χ4v) is 4.19. The average Bonchev–Trinajstić information content (AvgIpc) is 3.02. The molecule has 0 spiro atoms. The highest BCUT2D eigenvalue weighted by Gasteiger charge is 2.23. The summed E-state index contributed by atoms with van der Waals surface area (Å²) in [5.74, 6) is -0.0649. The maximum absolute atomic E-state index is 13.0. The monoisotopic (exact) mass is 401 g/mol. The van der Waals surface area contributed by atoms with E-state index in [9.17, 15) is 14.4 Å². The average molecular weight is 402 g/mol. The van der Waals surface area contributed by atoms with E-state index in [1.807, 2.05) is 25.9 Å². The molecule has 3 rings (SSSR count). The van der Waals surface area contributed by atoms with Crippen molar-refractivity contribution < 1.29 is 4.79 Å². The SMILES string of the molecule is Cc1ccn(C(C)CN(C)C)c(=O)c1C(=O)Nc1cc(=O)[nH]n1C1CCCCC1. The minimum absolute atomic E-state index is 0.0719. The Morgan fingerprint density at radius 2 is 1.97 bits per heavy atom. The van der Waals surface area contributed by atoms with E-state index in [1.165, 1.54) is 12.5 Å². The number of hydrogen-bond donors (Lipinski definition) is 2. The van der Waals surface area contributed by atoms with E-state index in [0.29, 0.717) is 17.9 Å². The van der Waals surface area contributed by atoms with Crippen LogP contribution in [0.15, 0.2) is 27.9 Å². The van der Waals surface area contributed by atoms with Gasteiger partial charge in [0, 0.05) is 24.8 Å². The first-order chi connectivity index (χ1) is 13.8. The zero-order chi connectivity index (χ0) is 21.1. The van der Waals surface area contributed by atoms with Crippen molar-refractivity contribution >= 4 is 11.7 Å². The van der Waals surface area contributed by atoms with Gasteiger partial charge in [0.05, 0.1) is 6.04 Å². The topological polar surface area (TPSA) is 92.1 Å². The maximum atomic E-state index is 13.0. The molecule has 1 saturated carbocycles. The molecule has 0 aliphatic heterocycles. The fraction of sp³-hybridized carbons (Fsp3) is 0.571. The molecule has 1 aliphatic carbocycles. The maximum Gasteiger partial charge on any atom is 0.266 e. The number of amides is 1. The molecule has 2 N–H and O–H groups in total. The summed E-state index contributed by atoms with van der Waals surface area (Å²) >= 11 is 0. The van der Waals surface area contributed by atoms with Crippen molar-refractivity contribution in [3.8, 4) is 0 Å². The van der Waals surface area contributed by atoms with Crippen LogP contribution in [0, 0.1) is 6.92 Å². The second kappa shape index (κ2) is 8.82. The van der Waals surface area contributed by atoms with E-state index in [4.69, 9.17) is 0 Å². The van der Waals surface area contributed by atoms with Crippen LogP contribution < -0.4 is 16.4 Å². The number of hydrogen-bond acceptors (Lipinski definition) is 4. The predicted octanol–water partition coefficient (Wildman–Crippen LogP) is 2.53. The van der Waals surface area contributed by atoms with Crippen molar-refractivity contribution in [2.45, 2.75) is 58.0 Å². The Bertz CT molecular complexity index is 979. The van der Waals surface area contributed by atoms with Crippen LogP contribution in [0.2, 0.25) is 0 Å². The molecule has 1 aliphatic rings. The lowest BCUT2D eigenvalue weighted by Gasteiger charge is -2.24. The van der Waals surface area contributed by atoms with Gasteiger partial charge in [-0.15, -0.1) is 0 Å². The molecular weight excluding hydrogens is 370 g/mol. The first kappa shape index (κ1) is 21.1. The van der Waals surface area contributed by atoms with Gasteiger partial charge in [-0.05, 0) is 52.4 Å². The molecule has 1 unspecified atom stereocenters. The van der Waals surface area contributed by atoms with Gasteiger partial charge in [0.15, 0.2) is 0 Å². The van der Waals surface area contributed by atoms with Gasteiger partial charge >= 0.3 is 0 Å². The third kappa shape index (κ3) is 4.70. The Balaban J connectivity index is 1.90. The largest absolute Gasteiger partial charge is 0.311 e. The quantitative estimate of drug-likeness (QED) is 0.778. The summed E-state index contributed by atoms with van der Waals surface area (Å²) in [5, 5.41) is 5.61. The van der Waals surface area contributed by atoms with E-state index < -0.39 is 5.91 Å². The highest BCUT2D eigenvalue weighted by atomic mass is 16.2. The van der Waals surface area contributed by atoms with Crippen molar-refractivity contribution in [3.63, 3.8) is 0 Å². The number of aromatic amines is 1. The molecule has 8 nitrogen and oxygen atoms in total.